The number of hydrogen-bond acceptors (Lipinski definition) is 3. The number of amides is 1. The molecule has 0 spiro atoms. The quantitative estimate of drug-likeness (QED) is 0.489. The minimum absolute atomic E-state index is 0.0618. The van der Waals surface area contributed by atoms with Crippen molar-refractivity contribution < 1.29 is 4.79 Å². The molecule has 0 aromatic heterocycles. The third kappa shape index (κ3) is 5.23. The van der Waals surface area contributed by atoms with Crippen molar-refractivity contribution in [3.63, 3.8) is 0 Å². The summed E-state index contributed by atoms with van der Waals surface area (Å²) in [4.78, 5) is 11.7. The van der Waals surface area contributed by atoms with Crippen molar-refractivity contribution in [1.29, 1.82) is 0 Å². The molecule has 3 nitrogen and oxygen atoms in total. The predicted octanol–water partition coefficient (Wildman–Crippen LogP) is 1.40. The number of nitrogens with one attached hydrogen (secondary N) is 1. The van der Waals surface area contributed by atoms with Crippen LogP contribution in [-0.2, 0) is 4.79 Å². The Labute approximate surface area is 96.9 Å². The molecule has 0 radical (unpaired) electrons. The number of thioether (sulfide) groups is 1. The standard InChI is InChI=1S/C11H22N2OS/c1-4-7-15-8-6-13-10(14)11(3,5-2)9-12/h4H,1,5-9,12H2,2-3H3,(H,13,14). The van der Waals surface area contributed by atoms with Gasteiger partial charge < -0.3 is 11.1 Å². The van der Waals surface area contributed by atoms with Gasteiger partial charge in [0.05, 0.1) is 5.41 Å². The Morgan fingerprint density at radius 3 is 2.80 bits per heavy atom. The van der Waals surface area contributed by atoms with Gasteiger partial charge in [-0.3, -0.25) is 4.79 Å². The Hall–Kier alpha value is -0.480. The molecule has 0 aromatic carbocycles. The summed E-state index contributed by atoms with van der Waals surface area (Å²) in [7, 11) is 0. The van der Waals surface area contributed by atoms with Gasteiger partial charge in [-0.05, 0) is 13.3 Å². The van der Waals surface area contributed by atoms with Crippen molar-refractivity contribution in [3.8, 4) is 0 Å². The average molecular weight is 230 g/mol. The maximum absolute atomic E-state index is 11.7. The zero-order chi connectivity index (χ0) is 11.7. The molecule has 4 heteroatoms. The first kappa shape index (κ1) is 14.5. The van der Waals surface area contributed by atoms with Gasteiger partial charge in [-0.15, -0.1) is 6.58 Å². The third-order valence-electron chi connectivity index (χ3n) is 2.55. The molecule has 0 aliphatic carbocycles. The Bertz CT molecular complexity index is 203. The van der Waals surface area contributed by atoms with Gasteiger partial charge in [0.25, 0.3) is 0 Å². The van der Waals surface area contributed by atoms with Crippen LogP contribution >= 0.6 is 11.8 Å². The maximum atomic E-state index is 11.7. The van der Waals surface area contributed by atoms with Gasteiger partial charge in [0.2, 0.25) is 5.91 Å². The normalized spacial score (nSPS) is 14.3. The zero-order valence-electron chi connectivity index (χ0n) is 9.71. The predicted molar refractivity (Wildman–Crippen MR) is 68.0 cm³/mol. The topological polar surface area (TPSA) is 55.1 Å². The van der Waals surface area contributed by atoms with Gasteiger partial charge in [0.15, 0.2) is 0 Å². The highest BCUT2D eigenvalue weighted by molar-refractivity contribution is 7.99. The molecular weight excluding hydrogens is 208 g/mol. The highest BCUT2D eigenvalue weighted by atomic mass is 32.2. The second-order valence-electron chi connectivity index (χ2n) is 3.74. The molecule has 1 unspecified atom stereocenters. The molecule has 0 aromatic rings. The first-order valence-corrected chi connectivity index (χ1v) is 6.43. The van der Waals surface area contributed by atoms with E-state index in [0.717, 1.165) is 17.9 Å². The Kier molecular flexibility index (Phi) is 7.52. The summed E-state index contributed by atoms with van der Waals surface area (Å²) < 4.78 is 0. The Morgan fingerprint density at radius 1 is 1.67 bits per heavy atom. The maximum Gasteiger partial charge on any atom is 0.227 e. The van der Waals surface area contributed by atoms with Crippen LogP contribution in [0.25, 0.3) is 0 Å². The zero-order valence-corrected chi connectivity index (χ0v) is 10.5. The van der Waals surface area contributed by atoms with Crippen LogP contribution in [0.2, 0.25) is 0 Å². The summed E-state index contributed by atoms with van der Waals surface area (Å²) >= 11 is 1.76. The second-order valence-corrected chi connectivity index (χ2v) is 4.89. The molecule has 3 N–H and O–H groups in total. The smallest absolute Gasteiger partial charge is 0.227 e. The van der Waals surface area contributed by atoms with E-state index in [9.17, 15) is 4.79 Å². The monoisotopic (exact) mass is 230 g/mol. The minimum Gasteiger partial charge on any atom is -0.355 e. The number of nitrogens with two attached hydrogens (primary N) is 1. The van der Waals surface area contributed by atoms with Crippen LogP contribution in [0.1, 0.15) is 20.3 Å². The lowest BCUT2D eigenvalue weighted by molar-refractivity contribution is -0.129. The van der Waals surface area contributed by atoms with E-state index in [2.05, 4.69) is 11.9 Å². The van der Waals surface area contributed by atoms with E-state index in [-0.39, 0.29) is 5.91 Å². The van der Waals surface area contributed by atoms with E-state index in [4.69, 9.17) is 5.73 Å². The fourth-order valence-electron chi connectivity index (χ4n) is 1.01. The molecule has 0 aliphatic heterocycles. The van der Waals surface area contributed by atoms with Crippen molar-refractivity contribution >= 4 is 17.7 Å². The Morgan fingerprint density at radius 2 is 2.33 bits per heavy atom. The molecule has 1 atom stereocenters. The molecule has 1 amide bonds. The van der Waals surface area contributed by atoms with Crippen molar-refractivity contribution in [2.75, 3.05) is 24.6 Å². The van der Waals surface area contributed by atoms with E-state index in [1.54, 1.807) is 11.8 Å². The SMILES string of the molecule is C=CCSCCNC(=O)C(C)(CC)CN. The van der Waals surface area contributed by atoms with E-state index in [1.807, 2.05) is 19.9 Å². The summed E-state index contributed by atoms with van der Waals surface area (Å²) in [5.41, 5.74) is 5.18. The summed E-state index contributed by atoms with van der Waals surface area (Å²) in [5, 5.41) is 2.91. The van der Waals surface area contributed by atoms with Crippen molar-refractivity contribution in [2.45, 2.75) is 20.3 Å². The van der Waals surface area contributed by atoms with Crippen LogP contribution in [0.15, 0.2) is 12.7 Å². The van der Waals surface area contributed by atoms with Crippen LogP contribution in [0.5, 0.6) is 0 Å². The fourth-order valence-corrected chi connectivity index (χ4v) is 1.59. The van der Waals surface area contributed by atoms with Crippen LogP contribution in [0.3, 0.4) is 0 Å². The summed E-state index contributed by atoms with van der Waals surface area (Å²) in [5.74, 6) is 1.91. The van der Waals surface area contributed by atoms with Crippen molar-refractivity contribution in [2.24, 2.45) is 11.1 Å². The Balaban J connectivity index is 3.77. The number of rotatable bonds is 8. The van der Waals surface area contributed by atoms with Gasteiger partial charge >= 0.3 is 0 Å². The molecular formula is C11H22N2OS. The van der Waals surface area contributed by atoms with Crippen LogP contribution in [0, 0.1) is 5.41 Å². The molecule has 0 saturated heterocycles. The molecule has 0 bridgehead atoms. The summed E-state index contributed by atoms with van der Waals surface area (Å²) in [6, 6.07) is 0. The van der Waals surface area contributed by atoms with E-state index in [0.29, 0.717) is 13.1 Å². The molecule has 0 aliphatic rings. The van der Waals surface area contributed by atoms with Crippen molar-refractivity contribution in [1.82, 2.24) is 5.32 Å². The largest absolute Gasteiger partial charge is 0.355 e. The lowest BCUT2D eigenvalue weighted by Crippen LogP contribution is -2.44. The van der Waals surface area contributed by atoms with Gasteiger partial charge in [-0.1, -0.05) is 13.0 Å². The van der Waals surface area contributed by atoms with Crippen molar-refractivity contribution in [3.05, 3.63) is 12.7 Å². The molecule has 0 heterocycles. The second kappa shape index (κ2) is 7.77. The summed E-state index contributed by atoms with van der Waals surface area (Å²) in [6.45, 7) is 8.62. The van der Waals surface area contributed by atoms with Gasteiger partial charge in [0.1, 0.15) is 0 Å². The lowest BCUT2D eigenvalue weighted by Gasteiger charge is -2.24. The van der Waals surface area contributed by atoms with Gasteiger partial charge in [0, 0.05) is 24.6 Å². The van der Waals surface area contributed by atoms with Crippen LogP contribution in [-0.4, -0.2) is 30.5 Å². The highest BCUT2D eigenvalue weighted by Gasteiger charge is 2.28. The summed E-state index contributed by atoms with van der Waals surface area (Å²) in [6.07, 6.45) is 2.64. The lowest BCUT2D eigenvalue weighted by atomic mass is 9.87. The minimum atomic E-state index is -0.414. The van der Waals surface area contributed by atoms with Gasteiger partial charge in [-0.2, -0.15) is 11.8 Å². The van der Waals surface area contributed by atoms with Gasteiger partial charge in [-0.25, -0.2) is 0 Å². The number of carbonyl (C=O) groups excluding carboxylic acids is 1. The molecule has 0 rings (SSSR count). The number of hydrogen-bond donors (Lipinski definition) is 2. The molecule has 15 heavy (non-hydrogen) atoms. The average Bonchev–Trinajstić information content (AvgIpc) is 2.27. The molecule has 0 fully saturated rings. The first-order valence-electron chi connectivity index (χ1n) is 5.27. The number of carbonyl (C=O) groups is 1. The van der Waals surface area contributed by atoms with E-state index < -0.39 is 5.41 Å². The van der Waals surface area contributed by atoms with Crippen LogP contribution in [0.4, 0.5) is 0 Å². The van der Waals surface area contributed by atoms with Crippen LogP contribution < -0.4 is 11.1 Å². The molecule has 0 saturated carbocycles. The third-order valence-corrected chi connectivity index (χ3v) is 3.51. The highest BCUT2D eigenvalue weighted by Crippen LogP contribution is 2.18. The van der Waals surface area contributed by atoms with E-state index in [1.165, 1.54) is 0 Å². The molecule has 88 valence electrons. The van der Waals surface area contributed by atoms with E-state index >= 15 is 0 Å². The fraction of sp³-hybridized carbons (Fsp3) is 0.727. The first-order chi connectivity index (χ1) is 7.10.